The predicted molar refractivity (Wildman–Crippen MR) is 107 cm³/mol. The molecule has 5 nitrogen and oxygen atoms in total. The Labute approximate surface area is 163 Å². The first-order valence-corrected chi connectivity index (χ1v) is 10.1. The van der Waals surface area contributed by atoms with Crippen LogP contribution in [0.25, 0.3) is 0 Å². The van der Waals surface area contributed by atoms with E-state index >= 15 is 0 Å². The number of nitrogens with zero attached hydrogens (tertiary/aromatic N) is 3. The summed E-state index contributed by atoms with van der Waals surface area (Å²) in [5.74, 6) is 0.0870. The van der Waals surface area contributed by atoms with Crippen LogP contribution in [0.5, 0.6) is 0 Å². The maximum absolute atomic E-state index is 12.8. The number of β-amino-alcohol motifs (C(OH)–C–C–N with tert-alkyl or cyclic N) is 1. The topological polar surface area (TPSA) is 56.7 Å². The van der Waals surface area contributed by atoms with Crippen molar-refractivity contribution in [3.05, 3.63) is 41.2 Å². The number of amides is 1. The Hall–Kier alpha value is -1.72. The van der Waals surface area contributed by atoms with Gasteiger partial charge in [0.05, 0.1) is 12.6 Å². The van der Waals surface area contributed by atoms with Gasteiger partial charge in [-0.3, -0.25) is 14.7 Å². The second-order valence-electron chi connectivity index (χ2n) is 8.77. The molecule has 3 rings (SSSR count). The Kier molecular flexibility index (Phi) is 6.33. The Bertz CT molecular complexity index is 684. The van der Waals surface area contributed by atoms with Crippen LogP contribution in [0.1, 0.15) is 52.0 Å². The van der Waals surface area contributed by atoms with Crippen LogP contribution >= 0.6 is 0 Å². The third kappa shape index (κ3) is 5.17. The van der Waals surface area contributed by atoms with Gasteiger partial charge in [-0.05, 0) is 49.7 Å². The molecule has 1 aromatic heterocycles. The minimum atomic E-state index is -0.512. The summed E-state index contributed by atoms with van der Waals surface area (Å²) in [6, 6.07) is 3.85. The van der Waals surface area contributed by atoms with Gasteiger partial charge in [-0.15, -0.1) is 0 Å². The summed E-state index contributed by atoms with van der Waals surface area (Å²) < 4.78 is 0. The molecule has 1 unspecified atom stereocenters. The van der Waals surface area contributed by atoms with Crippen molar-refractivity contribution in [3.8, 4) is 0 Å². The van der Waals surface area contributed by atoms with E-state index in [2.05, 4.69) is 30.7 Å². The number of hydrogen-bond donors (Lipinski definition) is 1. The number of pyridine rings is 1. The van der Waals surface area contributed by atoms with Gasteiger partial charge in [0.2, 0.25) is 5.91 Å². The number of carbonyl (C=O) groups is 1. The molecule has 5 heteroatoms. The lowest BCUT2D eigenvalue weighted by atomic mass is 9.71. The molecule has 1 N–H and O–H groups in total. The van der Waals surface area contributed by atoms with Gasteiger partial charge >= 0.3 is 0 Å². The number of carbonyl (C=O) groups excluding carboxylic acids is 1. The van der Waals surface area contributed by atoms with E-state index in [0.717, 1.165) is 18.5 Å². The van der Waals surface area contributed by atoms with Gasteiger partial charge in [0, 0.05) is 38.6 Å². The first-order valence-electron chi connectivity index (χ1n) is 10.1. The van der Waals surface area contributed by atoms with E-state index in [1.54, 1.807) is 22.9 Å². The second kappa shape index (κ2) is 8.53. The van der Waals surface area contributed by atoms with Crippen molar-refractivity contribution >= 4 is 5.91 Å². The zero-order chi connectivity index (χ0) is 19.4. The Balaban J connectivity index is 1.62. The van der Waals surface area contributed by atoms with Crippen molar-refractivity contribution in [1.29, 1.82) is 0 Å². The summed E-state index contributed by atoms with van der Waals surface area (Å²) in [5.41, 5.74) is 4.32. The van der Waals surface area contributed by atoms with Crippen LogP contribution in [-0.2, 0) is 11.3 Å². The van der Waals surface area contributed by atoms with Crippen LogP contribution in [0.15, 0.2) is 35.7 Å². The standard InChI is InChI=1S/C22H33N3O2/c1-17-6-4-9-22(2,3)20(17)8-11-24-14-19(26)15-25(21(27)16-24)13-18-7-5-10-23-12-18/h5,7,10,12,19,26H,4,6,8-9,11,13-16H2,1-3H3. The smallest absolute Gasteiger partial charge is 0.237 e. The number of hydrogen-bond acceptors (Lipinski definition) is 4. The van der Waals surface area contributed by atoms with Gasteiger partial charge in [-0.1, -0.05) is 31.1 Å². The average molecular weight is 372 g/mol. The summed E-state index contributed by atoms with van der Waals surface area (Å²) >= 11 is 0. The quantitative estimate of drug-likeness (QED) is 0.809. The van der Waals surface area contributed by atoms with E-state index in [1.807, 2.05) is 12.1 Å². The zero-order valence-corrected chi connectivity index (χ0v) is 16.9. The molecule has 0 spiro atoms. The number of aliphatic hydroxyl groups is 1. The molecule has 1 amide bonds. The zero-order valence-electron chi connectivity index (χ0n) is 16.9. The number of aromatic nitrogens is 1. The monoisotopic (exact) mass is 371 g/mol. The highest BCUT2D eigenvalue weighted by molar-refractivity contribution is 5.78. The van der Waals surface area contributed by atoms with E-state index in [0.29, 0.717) is 26.2 Å². The Morgan fingerprint density at radius 3 is 2.85 bits per heavy atom. The first kappa shape index (κ1) is 20.0. The van der Waals surface area contributed by atoms with Gasteiger partial charge in [-0.2, -0.15) is 0 Å². The molecule has 2 heterocycles. The van der Waals surface area contributed by atoms with Gasteiger partial charge < -0.3 is 10.0 Å². The van der Waals surface area contributed by atoms with Crippen LogP contribution in [-0.4, -0.2) is 58.1 Å². The molecule has 0 aromatic carbocycles. The van der Waals surface area contributed by atoms with Gasteiger partial charge in [0.25, 0.3) is 0 Å². The molecule has 1 atom stereocenters. The van der Waals surface area contributed by atoms with Crippen LogP contribution in [0.2, 0.25) is 0 Å². The summed E-state index contributed by atoms with van der Waals surface area (Å²) in [7, 11) is 0. The van der Waals surface area contributed by atoms with Crippen molar-refractivity contribution < 1.29 is 9.90 Å². The van der Waals surface area contributed by atoms with E-state index < -0.39 is 6.10 Å². The van der Waals surface area contributed by atoms with Crippen LogP contribution in [0.4, 0.5) is 0 Å². The van der Waals surface area contributed by atoms with E-state index in [4.69, 9.17) is 0 Å². The summed E-state index contributed by atoms with van der Waals surface area (Å²) in [5, 5.41) is 10.5. The van der Waals surface area contributed by atoms with E-state index in [-0.39, 0.29) is 11.3 Å². The fourth-order valence-corrected chi connectivity index (χ4v) is 4.60. The second-order valence-corrected chi connectivity index (χ2v) is 8.77. The molecular weight excluding hydrogens is 338 g/mol. The molecule has 27 heavy (non-hydrogen) atoms. The highest BCUT2D eigenvalue weighted by Crippen LogP contribution is 2.41. The maximum atomic E-state index is 12.8. The van der Waals surface area contributed by atoms with Crippen molar-refractivity contribution in [2.24, 2.45) is 5.41 Å². The van der Waals surface area contributed by atoms with Crippen LogP contribution in [0, 0.1) is 5.41 Å². The number of allylic oxidation sites excluding steroid dienone is 1. The highest BCUT2D eigenvalue weighted by atomic mass is 16.3. The summed E-state index contributed by atoms with van der Waals surface area (Å²) in [6.45, 7) is 9.60. The number of aliphatic hydroxyl groups excluding tert-OH is 1. The first-order chi connectivity index (χ1) is 12.8. The van der Waals surface area contributed by atoms with Gasteiger partial charge in [-0.25, -0.2) is 0 Å². The molecule has 0 radical (unpaired) electrons. The largest absolute Gasteiger partial charge is 0.390 e. The predicted octanol–water partition coefficient (Wildman–Crippen LogP) is 3.00. The molecule has 1 aromatic rings. The van der Waals surface area contributed by atoms with Crippen LogP contribution < -0.4 is 0 Å². The molecule has 1 saturated heterocycles. The molecule has 0 bridgehead atoms. The minimum absolute atomic E-state index is 0.0870. The van der Waals surface area contributed by atoms with Crippen molar-refractivity contribution in [2.75, 3.05) is 26.2 Å². The summed E-state index contributed by atoms with van der Waals surface area (Å²) in [4.78, 5) is 20.8. The Morgan fingerprint density at radius 1 is 1.33 bits per heavy atom. The van der Waals surface area contributed by atoms with E-state index in [9.17, 15) is 9.90 Å². The lowest BCUT2D eigenvalue weighted by molar-refractivity contribution is -0.132. The maximum Gasteiger partial charge on any atom is 0.237 e. The molecular formula is C22H33N3O2. The van der Waals surface area contributed by atoms with Gasteiger partial charge in [0.15, 0.2) is 0 Å². The highest BCUT2D eigenvalue weighted by Gasteiger charge is 2.30. The van der Waals surface area contributed by atoms with Crippen molar-refractivity contribution in [2.45, 2.75) is 59.1 Å². The van der Waals surface area contributed by atoms with E-state index in [1.165, 1.54) is 24.8 Å². The lowest BCUT2D eigenvalue weighted by Crippen LogP contribution is -2.37. The minimum Gasteiger partial charge on any atom is -0.390 e. The fraction of sp³-hybridized carbons (Fsp3) is 0.636. The lowest BCUT2D eigenvalue weighted by Gasteiger charge is -2.35. The molecule has 1 fully saturated rings. The van der Waals surface area contributed by atoms with Gasteiger partial charge in [0.1, 0.15) is 0 Å². The van der Waals surface area contributed by atoms with Crippen LogP contribution in [0.3, 0.4) is 0 Å². The third-order valence-corrected chi connectivity index (χ3v) is 6.07. The third-order valence-electron chi connectivity index (χ3n) is 6.07. The van der Waals surface area contributed by atoms with Crippen molar-refractivity contribution in [1.82, 2.24) is 14.8 Å². The molecule has 1 aliphatic heterocycles. The average Bonchev–Trinajstić information content (AvgIpc) is 2.73. The molecule has 2 aliphatic rings. The number of rotatable bonds is 5. The molecule has 0 saturated carbocycles. The summed E-state index contributed by atoms with van der Waals surface area (Å²) in [6.07, 6.45) is 7.69. The SMILES string of the molecule is CC1=C(CCN2CC(=O)N(Cc3cccnc3)CC(O)C2)C(C)(C)CCC1. The molecule has 148 valence electrons. The normalized spacial score (nSPS) is 24.2. The van der Waals surface area contributed by atoms with Crippen molar-refractivity contribution in [3.63, 3.8) is 0 Å². The fourth-order valence-electron chi connectivity index (χ4n) is 4.60. The Morgan fingerprint density at radius 2 is 2.15 bits per heavy atom. The molecule has 1 aliphatic carbocycles.